The van der Waals surface area contributed by atoms with Gasteiger partial charge in [-0.15, -0.1) is 0 Å². The van der Waals surface area contributed by atoms with E-state index in [1.165, 1.54) is 16.7 Å². The minimum atomic E-state index is -0.277. The number of benzene rings is 1. The molecule has 0 nitrogen and oxygen atoms in total. The second-order valence-corrected chi connectivity index (χ2v) is 7.70. The summed E-state index contributed by atoms with van der Waals surface area (Å²) < 4.78 is 0. The van der Waals surface area contributed by atoms with Crippen LogP contribution in [0.4, 0.5) is 0 Å². The topological polar surface area (TPSA) is 0 Å². The molecular weight excluding hydrogens is 262 g/mol. The molecule has 0 saturated carbocycles. The molecule has 0 aliphatic carbocycles. The maximum atomic E-state index is 6.77. The zero-order chi connectivity index (χ0) is 17.2. The second-order valence-electron chi connectivity index (χ2n) is 7.70. The lowest BCUT2D eigenvalue weighted by atomic mass is 9.53. The van der Waals surface area contributed by atoms with Gasteiger partial charge in [0, 0.05) is 0 Å². The van der Waals surface area contributed by atoms with Crippen LogP contribution in [-0.4, -0.2) is 15.7 Å². The van der Waals surface area contributed by atoms with Crippen molar-refractivity contribution in [1.82, 2.24) is 0 Å². The van der Waals surface area contributed by atoms with E-state index < -0.39 is 0 Å². The van der Waals surface area contributed by atoms with E-state index in [0.29, 0.717) is 0 Å². The van der Waals surface area contributed by atoms with E-state index >= 15 is 0 Å². The van der Waals surface area contributed by atoms with E-state index in [4.69, 9.17) is 15.7 Å². The van der Waals surface area contributed by atoms with Crippen LogP contribution in [0.25, 0.3) is 0 Å². The monoisotopic (exact) mass is 294 g/mol. The van der Waals surface area contributed by atoms with Crippen LogP contribution >= 0.6 is 0 Å². The van der Waals surface area contributed by atoms with E-state index in [0.717, 1.165) is 25.7 Å². The summed E-state index contributed by atoms with van der Waals surface area (Å²) in [5.41, 5.74) is 3.93. The normalized spacial score (nSPS) is 13.4. The molecule has 0 aromatic heterocycles. The van der Waals surface area contributed by atoms with Crippen molar-refractivity contribution in [1.29, 1.82) is 0 Å². The van der Waals surface area contributed by atoms with Gasteiger partial charge in [0.2, 0.25) is 0 Å². The highest BCUT2D eigenvalue weighted by Gasteiger charge is 2.35. The van der Waals surface area contributed by atoms with Gasteiger partial charge in [-0.2, -0.15) is 0 Å². The first-order valence-corrected chi connectivity index (χ1v) is 8.81. The Balaban J connectivity index is 3.76. The third kappa shape index (κ3) is 3.47. The Morgan fingerprint density at radius 3 is 1.27 bits per heavy atom. The molecule has 0 spiro atoms. The molecule has 1 aromatic rings. The van der Waals surface area contributed by atoms with Gasteiger partial charge in [0.15, 0.2) is 0 Å². The Kier molecular flexibility index (Phi) is 6.04. The summed E-state index contributed by atoms with van der Waals surface area (Å²) in [6.07, 6.45) is 3.75. The highest BCUT2D eigenvalue weighted by atomic mass is 14.4. The van der Waals surface area contributed by atoms with Gasteiger partial charge in [0.05, 0.1) is 15.7 Å². The summed E-state index contributed by atoms with van der Waals surface area (Å²) in [6, 6.07) is 6.56. The van der Waals surface area contributed by atoms with Crippen LogP contribution in [0.2, 0.25) is 0 Å². The van der Waals surface area contributed by atoms with Crippen LogP contribution in [0, 0.1) is 0 Å². The highest BCUT2D eigenvalue weighted by Crippen LogP contribution is 2.43. The van der Waals surface area contributed by atoms with Crippen LogP contribution in [0.15, 0.2) is 18.2 Å². The fourth-order valence-corrected chi connectivity index (χ4v) is 3.45. The van der Waals surface area contributed by atoms with E-state index in [1.54, 1.807) is 0 Å². The molecule has 1 rings (SSSR count). The smallest absolute Gasteiger partial charge is 0.0653 e. The molecule has 0 atom stereocenters. The number of rotatable bonds is 6. The lowest BCUT2D eigenvalue weighted by Crippen LogP contribution is -2.35. The van der Waals surface area contributed by atoms with Gasteiger partial charge >= 0.3 is 0 Å². The predicted molar refractivity (Wildman–Crippen MR) is 101 cm³/mol. The Hall–Kier alpha value is -0.650. The molecule has 4 radical (unpaired) electrons. The van der Waals surface area contributed by atoms with Crippen molar-refractivity contribution in [3.05, 3.63) is 34.9 Å². The molecule has 22 heavy (non-hydrogen) atoms. The lowest BCUT2D eigenvalue weighted by Gasteiger charge is -2.41. The molecule has 0 N–H and O–H groups in total. The van der Waals surface area contributed by atoms with Gasteiger partial charge in [-0.1, -0.05) is 92.3 Å². The van der Waals surface area contributed by atoms with E-state index in [9.17, 15) is 0 Å². The molecule has 0 bridgehead atoms. The first kappa shape index (κ1) is 19.4. The first-order chi connectivity index (χ1) is 10.1. The van der Waals surface area contributed by atoms with Crippen molar-refractivity contribution in [3.63, 3.8) is 0 Å². The molecule has 0 fully saturated rings. The van der Waals surface area contributed by atoms with Crippen LogP contribution in [0.1, 0.15) is 90.8 Å². The summed E-state index contributed by atoms with van der Waals surface area (Å²) in [5.74, 6) is 0. The zero-order valence-corrected chi connectivity index (χ0v) is 15.7. The molecule has 1 aromatic carbocycles. The van der Waals surface area contributed by atoms with E-state index in [-0.39, 0.29) is 16.0 Å². The largest absolute Gasteiger partial charge is 0.0810 e. The fraction of sp³-hybridized carbons (Fsp3) is 0.700. The molecular formula is C20H32B2. The molecule has 0 unspecified atom stereocenters. The minimum absolute atomic E-state index is 0.0237. The van der Waals surface area contributed by atoms with E-state index in [1.807, 2.05) is 0 Å². The van der Waals surface area contributed by atoms with Gasteiger partial charge in [0.1, 0.15) is 0 Å². The van der Waals surface area contributed by atoms with Crippen molar-refractivity contribution in [2.24, 2.45) is 0 Å². The molecule has 0 saturated heterocycles. The molecule has 0 aliphatic rings. The summed E-state index contributed by atoms with van der Waals surface area (Å²) in [6.45, 7) is 15.5. The molecule has 118 valence electrons. The zero-order valence-electron chi connectivity index (χ0n) is 15.7. The van der Waals surface area contributed by atoms with E-state index in [2.05, 4.69) is 66.7 Å². The molecule has 0 amide bonds. The Bertz CT molecular complexity index is 453. The molecule has 0 heterocycles. The summed E-state index contributed by atoms with van der Waals surface area (Å²) in [7, 11) is 13.5. The van der Waals surface area contributed by atoms with Gasteiger partial charge in [-0.25, -0.2) is 0 Å². The summed E-state index contributed by atoms with van der Waals surface area (Å²) >= 11 is 0. The standard InChI is InChI=1S/C20H32B2/c1-8-19(21,9-2)15-13-12-14-16(17(15)18(5,6)7)20(22,10-3)11-4/h12-14H,8-11H2,1-7H3. The third-order valence-corrected chi connectivity index (χ3v) is 5.41. The van der Waals surface area contributed by atoms with Crippen LogP contribution in [-0.2, 0) is 16.0 Å². The SMILES string of the molecule is [B]C(CC)(CC)c1cccc(C([B])(CC)CC)c1C(C)(C)C. The Morgan fingerprint density at radius 1 is 0.727 bits per heavy atom. The van der Waals surface area contributed by atoms with Crippen molar-refractivity contribution < 1.29 is 0 Å². The lowest BCUT2D eigenvalue weighted by molar-refractivity contribution is 0.492. The number of hydrogen-bond acceptors (Lipinski definition) is 0. The van der Waals surface area contributed by atoms with Crippen molar-refractivity contribution in [2.45, 2.75) is 90.2 Å². The molecule has 0 aliphatic heterocycles. The van der Waals surface area contributed by atoms with Gasteiger partial charge in [-0.3, -0.25) is 0 Å². The van der Waals surface area contributed by atoms with Crippen molar-refractivity contribution >= 4 is 15.7 Å². The Morgan fingerprint density at radius 2 is 1.05 bits per heavy atom. The van der Waals surface area contributed by atoms with Crippen molar-refractivity contribution in [2.75, 3.05) is 0 Å². The highest BCUT2D eigenvalue weighted by molar-refractivity contribution is 6.17. The summed E-state index contributed by atoms with van der Waals surface area (Å²) in [5, 5.41) is -0.554. The Labute approximate surface area is 141 Å². The maximum absolute atomic E-state index is 6.77. The fourth-order valence-electron chi connectivity index (χ4n) is 3.45. The summed E-state index contributed by atoms with van der Waals surface area (Å²) in [4.78, 5) is 0. The van der Waals surface area contributed by atoms with Gasteiger partial charge in [-0.05, 0) is 32.7 Å². The first-order valence-electron chi connectivity index (χ1n) is 8.81. The van der Waals surface area contributed by atoms with Crippen LogP contribution in [0.3, 0.4) is 0 Å². The second kappa shape index (κ2) is 6.85. The van der Waals surface area contributed by atoms with Crippen LogP contribution in [0.5, 0.6) is 0 Å². The van der Waals surface area contributed by atoms with Gasteiger partial charge < -0.3 is 0 Å². The maximum Gasteiger partial charge on any atom is 0.0810 e. The van der Waals surface area contributed by atoms with Gasteiger partial charge in [0.25, 0.3) is 0 Å². The van der Waals surface area contributed by atoms with Crippen molar-refractivity contribution in [3.8, 4) is 0 Å². The predicted octanol–water partition coefficient (Wildman–Crippen LogP) is 5.35. The van der Waals surface area contributed by atoms with Crippen LogP contribution < -0.4 is 0 Å². The number of hydrogen-bond donors (Lipinski definition) is 0. The quantitative estimate of drug-likeness (QED) is 0.620. The third-order valence-electron chi connectivity index (χ3n) is 5.41. The average Bonchev–Trinajstić information content (AvgIpc) is 2.51. The minimum Gasteiger partial charge on any atom is -0.0653 e. The molecule has 2 heteroatoms. The average molecular weight is 294 g/mol.